The normalized spacial score (nSPS) is 13.4. The van der Waals surface area contributed by atoms with E-state index in [0.29, 0.717) is 5.57 Å². The minimum Gasteiger partial charge on any atom is -0.295 e. The van der Waals surface area contributed by atoms with Crippen LogP contribution in [0.15, 0.2) is 28.9 Å². The fourth-order valence-corrected chi connectivity index (χ4v) is 0.430. The molecule has 5 heteroatoms. The number of carbonyl (C=O) groups is 1. The van der Waals surface area contributed by atoms with Gasteiger partial charge >= 0.3 is 6.18 Å². The van der Waals surface area contributed by atoms with Crippen LogP contribution in [0.25, 0.3) is 0 Å². The predicted molar refractivity (Wildman–Crippen MR) is 48.1 cm³/mol. The fourth-order valence-electron chi connectivity index (χ4n) is 0.430. The van der Waals surface area contributed by atoms with E-state index in [-0.39, 0.29) is 5.78 Å². The Kier molecular flexibility index (Phi) is 4.27. The van der Waals surface area contributed by atoms with Crippen molar-refractivity contribution in [1.29, 1.82) is 0 Å². The molecule has 78 valence electrons. The van der Waals surface area contributed by atoms with Gasteiger partial charge in [-0.25, -0.2) is 0 Å². The molecule has 0 unspecified atom stereocenters. The van der Waals surface area contributed by atoms with E-state index in [1.165, 1.54) is 19.9 Å². The minimum atomic E-state index is -4.52. The van der Waals surface area contributed by atoms with Gasteiger partial charge in [-0.2, -0.15) is 13.2 Å². The molecule has 0 bridgehead atoms. The Morgan fingerprint density at radius 2 is 1.86 bits per heavy atom. The Bertz CT molecular complexity index is 300. The summed E-state index contributed by atoms with van der Waals surface area (Å²) >= 11 is 0. The Hall–Kier alpha value is -1.39. The van der Waals surface area contributed by atoms with Gasteiger partial charge in [0.2, 0.25) is 0 Å². The van der Waals surface area contributed by atoms with Crippen molar-refractivity contribution in [3.05, 3.63) is 23.9 Å². The molecule has 0 aromatic heterocycles. The van der Waals surface area contributed by atoms with Gasteiger partial charge in [0.1, 0.15) is 5.70 Å². The number of hydrogen-bond acceptors (Lipinski definition) is 2. The number of halogens is 3. The summed E-state index contributed by atoms with van der Waals surface area (Å²) < 4.78 is 35.5. The summed E-state index contributed by atoms with van der Waals surface area (Å²) in [6.07, 6.45) is -2.40. The van der Waals surface area contributed by atoms with Crippen molar-refractivity contribution in [2.45, 2.75) is 20.0 Å². The third-order valence-electron chi connectivity index (χ3n) is 1.44. The molecule has 2 nitrogen and oxygen atoms in total. The van der Waals surface area contributed by atoms with Crippen LogP contribution in [0.4, 0.5) is 13.2 Å². The van der Waals surface area contributed by atoms with E-state index in [1.807, 2.05) is 0 Å². The molecule has 0 atom stereocenters. The molecule has 0 aliphatic carbocycles. The van der Waals surface area contributed by atoms with Crippen molar-refractivity contribution in [2.24, 2.45) is 4.99 Å². The Labute approximate surface area is 79.8 Å². The molecule has 0 N–H and O–H groups in total. The van der Waals surface area contributed by atoms with Crippen LogP contribution in [0.2, 0.25) is 0 Å². The lowest BCUT2D eigenvalue weighted by atomic mass is 10.2. The van der Waals surface area contributed by atoms with E-state index >= 15 is 0 Å². The molecular formula is C9H10F3NO. The highest BCUT2D eigenvalue weighted by molar-refractivity contribution is 5.96. The summed E-state index contributed by atoms with van der Waals surface area (Å²) in [7, 11) is 0. The minimum absolute atomic E-state index is 0.214. The van der Waals surface area contributed by atoms with E-state index in [1.54, 1.807) is 0 Å². The van der Waals surface area contributed by atoms with Crippen molar-refractivity contribution in [1.82, 2.24) is 0 Å². The zero-order valence-corrected chi connectivity index (χ0v) is 7.85. The molecule has 0 saturated carbocycles. The van der Waals surface area contributed by atoms with Crippen molar-refractivity contribution >= 4 is 12.0 Å². The highest BCUT2D eigenvalue weighted by atomic mass is 19.4. The van der Waals surface area contributed by atoms with Gasteiger partial charge in [0.25, 0.3) is 0 Å². The SMILES string of the molecule is C=C(N=C/C=C(\C)C(C)=O)C(F)(F)F. The van der Waals surface area contributed by atoms with Gasteiger partial charge in [-0.3, -0.25) is 9.79 Å². The zero-order chi connectivity index (χ0) is 11.4. The molecule has 0 aromatic rings. The summed E-state index contributed by atoms with van der Waals surface area (Å²) in [4.78, 5) is 13.7. The summed E-state index contributed by atoms with van der Waals surface area (Å²) in [5.74, 6) is -0.214. The van der Waals surface area contributed by atoms with Crippen LogP contribution in [0.5, 0.6) is 0 Å². The summed E-state index contributed by atoms with van der Waals surface area (Å²) in [5, 5.41) is 0. The standard InChI is InChI=1S/C9H10F3NO/c1-6(7(2)14)4-5-13-8(3)9(10,11)12/h4-5H,3H2,1-2H3/b6-4+,13-5?. The number of rotatable bonds is 3. The van der Waals surface area contributed by atoms with Gasteiger partial charge in [-0.05, 0) is 25.5 Å². The van der Waals surface area contributed by atoms with Crippen LogP contribution in [0.3, 0.4) is 0 Å². The number of allylic oxidation sites excluding steroid dienone is 3. The first-order valence-corrected chi connectivity index (χ1v) is 3.73. The molecule has 14 heavy (non-hydrogen) atoms. The van der Waals surface area contributed by atoms with E-state index in [0.717, 1.165) is 6.21 Å². The van der Waals surface area contributed by atoms with Crippen LogP contribution in [-0.4, -0.2) is 18.2 Å². The number of aliphatic imine (C=N–C) groups is 1. The van der Waals surface area contributed by atoms with Crippen molar-refractivity contribution < 1.29 is 18.0 Å². The molecule has 0 amide bonds. The number of alkyl halides is 3. The van der Waals surface area contributed by atoms with E-state index in [4.69, 9.17) is 0 Å². The quantitative estimate of drug-likeness (QED) is 0.514. The molecular weight excluding hydrogens is 195 g/mol. The first-order valence-electron chi connectivity index (χ1n) is 3.73. The van der Waals surface area contributed by atoms with E-state index in [9.17, 15) is 18.0 Å². The van der Waals surface area contributed by atoms with Crippen LogP contribution >= 0.6 is 0 Å². The molecule has 0 fully saturated rings. The third-order valence-corrected chi connectivity index (χ3v) is 1.44. The number of carbonyl (C=O) groups excluding carboxylic acids is 1. The summed E-state index contributed by atoms with van der Waals surface area (Å²) in [6.45, 7) is 5.54. The lowest BCUT2D eigenvalue weighted by Gasteiger charge is -2.02. The van der Waals surface area contributed by atoms with E-state index < -0.39 is 11.9 Å². The first-order chi connectivity index (χ1) is 6.25. The van der Waals surface area contributed by atoms with Gasteiger partial charge in [0.15, 0.2) is 5.78 Å². The molecule has 0 saturated heterocycles. The van der Waals surface area contributed by atoms with Crippen molar-refractivity contribution in [2.75, 3.05) is 0 Å². The van der Waals surface area contributed by atoms with Crippen molar-refractivity contribution in [3.63, 3.8) is 0 Å². The van der Waals surface area contributed by atoms with Crippen LogP contribution in [0.1, 0.15) is 13.8 Å². The highest BCUT2D eigenvalue weighted by Gasteiger charge is 2.31. The Balaban J connectivity index is 4.42. The van der Waals surface area contributed by atoms with Gasteiger partial charge < -0.3 is 0 Å². The smallest absolute Gasteiger partial charge is 0.295 e. The van der Waals surface area contributed by atoms with E-state index in [2.05, 4.69) is 11.6 Å². The lowest BCUT2D eigenvalue weighted by Crippen LogP contribution is -2.08. The summed E-state index contributed by atoms with van der Waals surface area (Å²) in [6, 6.07) is 0. The molecule has 0 heterocycles. The number of hydrogen-bond donors (Lipinski definition) is 0. The van der Waals surface area contributed by atoms with Gasteiger partial charge in [0, 0.05) is 6.21 Å². The second-order valence-electron chi connectivity index (χ2n) is 2.63. The van der Waals surface area contributed by atoms with Crippen LogP contribution < -0.4 is 0 Å². The molecule has 0 rings (SSSR count). The maximum Gasteiger partial charge on any atom is 0.432 e. The average molecular weight is 205 g/mol. The Morgan fingerprint density at radius 1 is 1.36 bits per heavy atom. The fraction of sp³-hybridized carbons (Fsp3) is 0.333. The highest BCUT2D eigenvalue weighted by Crippen LogP contribution is 2.24. The van der Waals surface area contributed by atoms with Crippen LogP contribution in [-0.2, 0) is 4.79 Å². The van der Waals surface area contributed by atoms with Gasteiger partial charge in [-0.1, -0.05) is 6.58 Å². The maximum absolute atomic E-state index is 11.8. The Morgan fingerprint density at radius 3 is 2.21 bits per heavy atom. The molecule has 0 radical (unpaired) electrons. The molecule has 0 aliphatic heterocycles. The predicted octanol–water partition coefficient (Wildman–Crippen LogP) is 2.67. The molecule has 0 aliphatic rings. The topological polar surface area (TPSA) is 29.4 Å². The second-order valence-corrected chi connectivity index (χ2v) is 2.63. The first kappa shape index (κ1) is 12.6. The number of Topliss-reactive ketones (excluding diaryl/α,β-unsaturated/α-hetero) is 1. The molecule has 0 aromatic carbocycles. The monoisotopic (exact) mass is 205 g/mol. The average Bonchev–Trinajstić information content (AvgIpc) is 2.01. The number of ketones is 1. The lowest BCUT2D eigenvalue weighted by molar-refractivity contribution is -0.113. The van der Waals surface area contributed by atoms with Gasteiger partial charge in [0.05, 0.1) is 0 Å². The van der Waals surface area contributed by atoms with Crippen LogP contribution in [0, 0.1) is 0 Å². The second kappa shape index (κ2) is 4.74. The van der Waals surface area contributed by atoms with Gasteiger partial charge in [-0.15, -0.1) is 0 Å². The largest absolute Gasteiger partial charge is 0.432 e. The number of nitrogens with zero attached hydrogens (tertiary/aromatic N) is 1. The zero-order valence-electron chi connectivity index (χ0n) is 7.85. The third kappa shape index (κ3) is 4.59. The van der Waals surface area contributed by atoms with Crippen molar-refractivity contribution in [3.8, 4) is 0 Å². The maximum atomic E-state index is 11.8. The summed E-state index contributed by atoms with van der Waals surface area (Å²) in [5.41, 5.74) is -0.853. The molecule has 0 spiro atoms.